The Morgan fingerprint density at radius 1 is 0.742 bits per heavy atom. The summed E-state index contributed by atoms with van der Waals surface area (Å²) in [6, 6.07) is 15.9. The summed E-state index contributed by atoms with van der Waals surface area (Å²) >= 11 is 0. The summed E-state index contributed by atoms with van der Waals surface area (Å²) in [5.41, 5.74) is -0.824. The van der Waals surface area contributed by atoms with Gasteiger partial charge in [-0.1, -0.05) is 36.4 Å². The Bertz CT molecular complexity index is 1290. The molecular formula is C20H17F3N2O4S2. The van der Waals surface area contributed by atoms with Crippen LogP contribution >= 0.6 is 0 Å². The van der Waals surface area contributed by atoms with Crippen LogP contribution in [0.1, 0.15) is 5.56 Å². The fraction of sp³-hybridized carbons (Fsp3) is 0.100. The summed E-state index contributed by atoms with van der Waals surface area (Å²) in [7, 11) is -7.75. The largest absolute Gasteiger partial charge is 0.417 e. The molecule has 0 aliphatic carbocycles. The molecule has 0 aliphatic heterocycles. The van der Waals surface area contributed by atoms with Crippen LogP contribution in [0, 0.1) is 0 Å². The zero-order valence-electron chi connectivity index (χ0n) is 16.0. The Balaban J connectivity index is 1.93. The van der Waals surface area contributed by atoms with Gasteiger partial charge in [-0.15, -0.1) is 0 Å². The van der Waals surface area contributed by atoms with Crippen molar-refractivity contribution in [1.82, 2.24) is 0 Å². The van der Waals surface area contributed by atoms with Gasteiger partial charge in [-0.25, -0.2) is 16.8 Å². The molecule has 11 heteroatoms. The van der Waals surface area contributed by atoms with Gasteiger partial charge in [-0.05, 0) is 47.5 Å². The molecule has 0 aromatic heterocycles. The first-order valence-corrected chi connectivity index (χ1v) is 12.1. The molecule has 0 fully saturated rings. The molecule has 0 aliphatic rings. The van der Waals surface area contributed by atoms with Gasteiger partial charge in [0, 0.05) is 11.4 Å². The molecular weight excluding hydrogens is 453 g/mol. The number of halogens is 3. The van der Waals surface area contributed by atoms with Crippen molar-refractivity contribution < 1.29 is 30.0 Å². The standard InChI is InChI=1S/C20H17F3N2O4S2/c1-30(26,27)24-15-7-10-17(11-8-15)31(28,29)25-16-9-12-18(14-5-3-2-4-6-14)19(13-16)20(21,22)23/h2-13,24-25H,1H3. The van der Waals surface area contributed by atoms with Gasteiger partial charge in [0.05, 0.1) is 16.7 Å². The molecule has 0 saturated carbocycles. The minimum atomic E-state index is -4.70. The van der Waals surface area contributed by atoms with E-state index in [0.717, 1.165) is 24.5 Å². The Morgan fingerprint density at radius 2 is 1.32 bits per heavy atom. The number of rotatable bonds is 6. The van der Waals surface area contributed by atoms with Crippen molar-refractivity contribution in [3.63, 3.8) is 0 Å². The van der Waals surface area contributed by atoms with E-state index in [4.69, 9.17) is 0 Å². The molecule has 0 bridgehead atoms. The van der Waals surface area contributed by atoms with Crippen LogP contribution < -0.4 is 9.44 Å². The lowest BCUT2D eigenvalue weighted by atomic mass is 9.99. The van der Waals surface area contributed by atoms with Gasteiger partial charge in [0.2, 0.25) is 10.0 Å². The van der Waals surface area contributed by atoms with E-state index in [9.17, 15) is 30.0 Å². The lowest BCUT2D eigenvalue weighted by Gasteiger charge is -2.16. The van der Waals surface area contributed by atoms with E-state index in [2.05, 4.69) is 9.44 Å². The van der Waals surface area contributed by atoms with Crippen molar-refractivity contribution in [3.05, 3.63) is 78.4 Å². The second-order valence-electron chi connectivity index (χ2n) is 6.63. The number of sulfonamides is 2. The third kappa shape index (κ3) is 5.76. The molecule has 3 aromatic carbocycles. The van der Waals surface area contributed by atoms with E-state index >= 15 is 0 Å². The van der Waals surface area contributed by atoms with E-state index in [0.29, 0.717) is 5.56 Å². The van der Waals surface area contributed by atoms with Crippen molar-refractivity contribution in [2.45, 2.75) is 11.1 Å². The average Bonchev–Trinajstić information content (AvgIpc) is 2.67. The lowest BCUT2D eigenvalue weighted by Crippen LogP contribution is -2.15. The maximum atomic E-state index is 13.6. The summed E-state index contributed by atoms with van der Waals surface area (Å²) in [6.45, 7) is 0. The van der Waals surface area contributed by atoms with Crippen LogP contribution in [0.3, 0.4) is 0 Å². The third-order valence-corrected chi connectivity index (χ3v) is 6.13. The third-order valence-electron chi connectivity index (χ3n) is 4.13. The van der Waals surface area contributed by atoms with Gasteiger partial charge in [-0.3, -0.25) is 9.44 Å². The summed E-state index contributed by atoms with van der Waals surface area (Å²) < 4.78 is 92.8. The van der Waals surface area contributed by atoms with Crippen LogP contribution in [-0.4, -0.2) is 23.1 Å². The van der Waals surface area contributed by atoms with Crippen LogP contribution in [0.2, 0.25) is 0 Å². The highest BCUT2D eigenvalue weighted by atomic mass is 32.2. The van der Waals surface area contributed by atoms with Gasteiger partial charge in [0.1, 0.15) is 0 Å². The Hall–Kier alpha value is -3.05. The molecule has 0 spiro atoms. The van der Waals surface area contributed by atoms with Crippen molar-refractivity contribution in [2.24, 2.45) is 0 Å². The van der Waals surface area contributed by atoms with Gasteiger partial charge >= 0.3 is 6.18 Å². The Kier molecular flexibility index (Phi) is 6.01. The van der Waals surface area contributed by atoms with Gasteiger partial charge in [0.15, 0.2) is 0 Å². The zero-order valence-corrected chi connectivity index (χ0v) is 17.6. The Labute approximate surface area is 177 Å². The van der Waals surface area contributed by atoms with E-state index in [1.165, 1.54) is 36.4 Å². The van der Waals surface area contributed by atoms with E-state index in [1.54, 1.807) is 18.2 Å². The predicted octanol–water partition coefficient (Wildman–Crippen LogP) is 4.54. The summed E-state index contributed by atoms with van der Waals surface area (Å²) in [5, 5.41) is 0. The van der Waals surface area contributed by atoms with Crippen molar-refractivity contribution >= 4 is 31.4 Å². The monoisotopic (exact) mass is 470 g/mol. The van der Waals surface area contributed by atoms with Crippen LogP contribution in [0.5, 0.6) is 0 Å². The topological polar surface area (TPSA) is 92.3 Å². The fourth-order valence-corrected chi connectivity index (χ4v) is 4.46. The predicted molar refractivity (Wildman–Crippen MR) is 113 cm³/mol. The molecule has 3 rings (SSSR count). The van der Waals surface area contributed by atoms with Gasteiger partial charge < -0.3 is 0 Å². The van der Waals surface area contributed by atoms with E-state index in [-0.39, 0.29) is 21.8 Å². The first kappa shape index (κ1) is 22.6. The SMILES string of the molecule is CS(=O)(=O)Nc1ccc(S(=O)(=O)Nc2ccc(-c3ccccc3)c(C(F)(F)F)c2)cc1. The summed E-state index contributed by atoms with van der Waals surface area (Å²) in [6.07, 6.45) is -3.76. The summed E-state index contributed by atoms with van der Waals surface area (Å²) in [4.78, 5) is -0.243. The molecule has 0 unspecified atom stereocenters. The number of hydrogen-bond acceptors (Lipinski definition) is 4. The van der Waals surface area contributed by atoms with E-state index in [1.807, 2.05) is 0 Å². The normalized spacial score (nSPS) is 12.4. The highest BCUT2D eigenvalue weighted by Gasteiger charge is 2.34. The maximum Gasteiger partial charge on any atom is 0.417 e. The second kappa shape index (κ2) is 8.23. The lowest BCUT2D eigenvalue weighted by molar-refractivity contribution is -0.137. The molecule has 0 saturated heterocycles. The van der Waals surface area contributed by atoms with Crippen LogP contribution in [0.15, 0.2) is 77.7 Å². The maximum absolute atomic E-state index is 13.6. The highest BCUT2D eigenvalue weighted by molar-refractivity contribution is 7.92. The van der Waals surface area contributed by atoms with Crippen molar-refractivity contribution in [3.8, 4) is 11.1 Å². The number of alkyl halides is 3. The second-order valence-corrected chi connectivity index (χ2v) is 10.1. The number of hydrogen-bond donors (Lipinski definition) is 2. The Morgan fingerprint density at radius 3 is 1.87 bits per heavy atom. The minimum Gasteiger partial charge on any atom is -0.284 e. The highest BCUT2D eigenvalue weighted by Crippen LogP contribution is 2.39. The molecule has 2 N–H and O–H groups in total. The number of nitrogens with one attached hydrogen (secondary N) is 2. The summed E-state index contributed by atoms with van der Waals surface area (Å²) in [5.74, 6) is 0. The van der Waals surface area contributed by atoms with Crippen LogP contribution in [0.4, 0.5) is 24.5 Å². The first-order valence-electron chi connectivity index (χ1n) is 8.72. The fourth-order valence-electron chi connectivity index (χ4n) is 2.84. The molecule has 0 radical (unpaired) electrons. The number of benzene rings is 3. The molecule has 0 amide bonds. The average molecular weight is 470 g/mol. The smallest absolute Gasteiger partial charge is 0.284 e. The molecule has 31 heavy (non-hydrogen) atoms. The molecule has 6 nitrogen and oxygen atoms in total. The van der Waals surface area contributed by atoms with E-state index < -0.39 is 31.8 Å². The minimum absolute atomic E-state index is 0.0766. The van der Waals surface area contributed by atoms with Crippen molar-refractivity contribution in [1.29, 1.82) is 0 Å². The van der Waals surface area contributed by atoms with Crippen molar-refractivity contribution in [2.75, 3.05) is 15.7 Å². The first-order chi connectivity index (χ1) is 14.4. The molecule has 3 aromatic rings. The quantitative estimate of drug-likeness (QED) is 0.553. The zero-order chi connectivity index (χ0) is 22.9. The molecule has 0 heterocycles. The van der Waals surface area contributed by atoms with Crippen LogP contribution in [-0.2, 0) is 26.2 Å². The van der Waals surface area contributed by atoms with Gasteiger partial charge in [-0.2, -0.15) is 13.2 Å². The number of anilines is 2. The molecule has 0 atom stereocenters. The molecule has 164 valence electrons. The van der Waals surface area contributed by atoms with Gasteiger partial charge in [0.25, 0.3) is 10.0 Å². The van der Waals surface area contributed by atoms with Crippen LogP contribution in [0.25, 0.3) is 11.1 Å².